The Balaban J connectivity index is 0.00000225. The van der Waals surface area contributed by atoms with Crippen molar-refractivity contribution in [2.45, 2.75) is 20.8 Å². The largest absolute Gasteiger partial charge is 0.478 e. The fourth-order valence-corrected chi connectivity index (χ4v) is 1.84. The minimum atomic E-state index is -1.09. The maximum absolute atomic E-state index is 10.9. The van der Waals surface area contributed by atoms with Crippen molar-refractivity contribution < 1.29 is 19.8 Å². The van der Waals surface area contributed by atoms with E-state index in [1.165, 1.54) is 6.92 Å². The molecule has 1 aromatic rings. The van der Waals surface area contributed by atoms with Crippen LogP contribution < -0.4 is 0 Å². The van der Waals surface area contributed by atoms with Crippen molar-refractivity contribution >= 4 is 24.3 Å². The summed E-state index contributed by atoms with van der Waals surface area (Å²) in [5, 5.41) is 17.9. The molecule has 0 fully saturated rings. The second-order valence-electron chi connectivity index (χ2n) is 3.50. The molecule has 5 heteroatoms. The monoisotopic (exact) mass is 244 g/mol. The SMILES string of the molecule is Cc1cc(C)c(C(=O)O)c(C)c1C(=O)O.Cl. The third-order valence-electron chi connectivity index (χ3n) is 2.40. The third kappa shape index (κ3) is 2.33. The van der Waals surface area contributed by atoms with Gasteiger partial charge in [0.05, 0.1) is 11.1 Å². The Morgan fingerprint density at radius 2 is 1.25 bits per heavy atom. The molecule has 0 saturated heterocycles. The predicted octanol–water partition coefficient (Wildman–Crippen LogP) is 2.43. The number of carboxylic acid groups (broad SMARTS) is 2. The van der Waals surface area contributed by atoms with Crippen molar-refractivity contribution in [1.29, 1.82) is 0 Å². The summed E-state index contributed by atoms with van der Waals surface area (Å²) in [6.45, 7) is 4.84. The van der Waals surface area contributed by atoms with Crippen molar-refractivity contribution in [3.63, 3.8) is 0 Å². The van der Waals surface area contributed by atoms with E-state index in [1.54, 1.807) is 19.9 Å². The molecule has 0 heterocycles. The molecular weight excluding hydrogens is 232 g/mol. The van der Waals surface area contributed by atoms with Gasteiger partial charge in [-0.05, 0) is 37.5 Å². The van der Waals surface area contributed by atoms with Crippen molar-refractivity contribution in [2.75, 3.05) is 0 Å². The Labute approximate surface area is 99.3 Å². The van der Waals surface area contributed by atoms with E-state index in [9.17, 15) is 9.59 Å². The van der Waals surface area contributed by atoms with E-state index in [-0.39, 0.29) is 23.5 Å². The summed E-state index contributed by atoms with van der Waals surface area (Å²) in [5.41, 5.74) is 1.65. The van der Waals surface area contributed by atoms with Gasteiger partial charge in [-0.15, -0.1) is 12.4 Å². The van der Waals surface area contributed by atoms with Crippen LogP contribution >= 0.6 is 12.4 Å². The smallest absolute Gasteiger partial charge is 0.336 e. The topological polar surface area (TPSA) is 74.6 Å². The van der Waals surface area contributed by atoms with E-state index < -0.39 is 11.9 Å². The molecule has 1 aromatic carbocycles. The molecule has 0 saturated carbocycles. The molecule has 4 nitrogen and oxygen atoms in total. The molecule has 1 rings (SSSR count). The molecule has 0 unspecified atom stereocenters. The maximum atomic E-state index is 10.9. The Bertz CT molecular complexity index is 414. The quantitative estimate of drug-likeness (QED) is 0.838. The molecule has 0 bridgehead atoms. The Hall–Kier alpha value is -1.55. The Morgan fingerprint density at radius 1 is 0.938 bits per heavy atom. The van der Waals surface area contributed by atoms with Crippen LogP contribution in [-0.2, 0) is 0 Å². The first-order chi connectivity index (χ1) is 6.86. The fraction of sp³-hybridized carbons (Fsp3) is 0.273. The zero-order valence-electron chi connectivity index (χ0n) is 9.20. The minimum Gasteiger partial charge on any atom is -0.478 e. The summed E-state index contributed by atoms with van der Waals surface area (Å²) in [7, 11) is 0. The highest BCUT2D eigenvalue weighted by Gasteiger charge is 2.19. The first-order valence-corrected chi connectivity index (χ1v) is 4.43. The van der Waals surface area contributed by atoms with Gasteiger partial charge in [0.15, 0.2) is 0 Å². The summed E-state index contributed by atoms with van der Waals surface area (Å²) >= 11 is 0. The highest BCUT2D eigenvalue weighted by atomic mass is 35.5. The van der Waals surface area contributed by atoms with Gasteiger partial charge in [-0.2, -0.15) is 0 Å². The van der Waals surface area contributed by atoms with Crippen LogP contribution in [0.4, 0.5) is 0 Å². The van der Waals surface area contributed by atoms with Gasteiger partial charge >= 0.3 is 11.9 Å². The standard InChI is InChI=1S/C11H12O4.ClH/c1-5-4-6(2)9(11(14)15)7(3)8(5)10(12)13;/h4H,1-3H3,(H,12,13)(H,14,15);1H. The van der Waals surface area contributed by atoms with Crippen LogP contribution in [0.5, 0.6) is 0 Å². The van der Waals surface area contributed by atoms with Gasteiger partial charge in [-0.3, -0.25) is 0 Å². The van der Waals surface area contributed by atoms with Crippen molar-refractivity contribution in [2.24, 2.45) is 0 Å². The van der Waals surface area contributed by atoms with Gasteiger partial charge in [0, 0.05) is 0 Å². The van der Waals surface area contributed by atoms with Gasteiger partial charge in [-0.1, -0.05) is 6.07 Å². The fourth-order valence-electron chi connectivity index (χ4n) is 1.84. The number of halogens is 1. The zero-order chi connectivity index (χ0) is 11.7. The van der Waals surface area contributed by atoms with Crippen LogP contribution in [-0.4, -0.2) is 22.2 Å². The lowest BCUT2D eigenvalue weighted by Gasteiger charge is -2.11. The molecule has 0 aliphatic carbocycles. The average molecular weight is 245 g/mol. The van der Waals surface area contributed by atoms with E-state index in [2.05, 4.69) is 0 Å². The highest BCUT2D eigenvalue weighted by Crippen LogP contribution is 2.22. The summed E-state index contributed by atoms with van der Waals surface area (Å²) in [6, 6.07) is 1.58. The average Bonchev–Trinajstić information content (AvgIpc) is 1.99. The molecular formula is C11H13ClO4. The molecule has 0 aromatic heterocycles. The molecule has 0 atom stereocenters. The number of aromatic carboxylic acids is 2. The first kappa shape index (κ1) is 14.5. The van der Waals surface area contributed by atoms with Crippen LogP contribution in [0.2, 0.25) is 0 Å². The van der Waals surface area contributed by atoms with E-state index in [4.69, 9.17) is 10.2 Å². The van der Waals surface area contributed by atoms with Crippen LogP contribution in [0, 0.1) is 20.8 Å². The van der Waals surface area contributed by atoms with Crippen LogP contribution in [0.15, 0.2) is 6.07 Å². The van der Waals surface area contributed by atoms with Gasteiger partial charge in [-0.25, -0.2) is 9.59 Å². The molecule has 88 valence electrons. The number of hydrogen-bond acceptors (Lipinski definition) is 2. The third-order valence-corrected chi connectivity index (χ3v) is 2.40. The van der Waals surface area contributed by atoms with Crippen molar-refractivity contribution in [3.05, 3.63) is 33.9 Å². The van der Waals surface area contributed by atoms with E-state index in [0.717, 1.165) is 0 Å². The summed E-state index contributed by atoms with van der Waals surface area (Å²) in [5.74, 6) is -2.18. The maximum Gasteiger partial charge on any atom is 0.336 e. The van der Waals surface area contributed by atoms with Gasteiger partial charge in [0.25, 0.3) is 0 Å². The number of hydrogen-bond donors (Lipinski definition) is 2. The Kier molecular flexibility index (Phi) is 4.50. The number of carbonyl (C=O) groups is 2. The first-order valence-electron chi connectivity index (χ1n) is 4.43. The number of benzene rings is 1. The summed E-state index contributed by atoms with van der Waals surface area (Å²) in [4.78, 5) is 21.9. The lowest BCUT2D eigenvalue weighted by molar-refractivity contribution is 0.0695. The zero-order valence-corrected chi connectivity index (χ0v) is 10.0. The number of rotatable bonds is 2. The molecule has 0 amide bonds. The van der Waals surface area contributed by atoms with Crippen molar-refractivity contribution in [1.82, 2.24) is 0 Å². The molecule has 0 aliphatic heterocycles. The van der Waals surface area contributed by atoms with E-state index in [1.807, 2.05) is 0 Å². The lowest BCUT2D eigenvalue weighted by atomic mass is 9.93. The highest BCUT2D eigenvalue weighted by molar-refractivity contribution is 5.98. The van der Waals surface area contributed by atoms with Crippen LogP contribution in [0.3, 0.4) is 0 Å². The van der Waals surface area contributed by atoms with Crippen LogP contribution in [0.25, 0.3) is 0 Å². The molecule has 16 heavy (non-hydrogen) atoms. The predicted molar refractivity (Wildman–Crippen MR) is 61.8 cm³/mol. The van der Waals surface area contributed by atoms with Gasteiger partial charge < -0.3 is 10.2 Å². The molecule has 0 aliphatic rings. The van der Waals surface area contributed by atoms with E-state index in [0.29, 0.717) is 16.7 Å². The van der Waals surface area contributed by atoms with Crippen LogP contribution in [0.1, 0.15) is 37.4 Å². The normalized spacial score (nSPS) is 9.44. The molecule has 0 spiro atoms. The second kappa shape index (κ2) is 4.99. The number of aryl methyl sites for hydroxylation is 2. The van der Waals surface area contributed by atoms with E-state index >= 15 is 0 Å². The Morgan fingerprint density at radius 3 is 1.50 bits per heavy atom. The van der Waals surface area contributed by atoms with Gasteiger partial charge in [0.1, 0.15) is 0 Å². The van der Waals surface area contributed by atoms with Crippen molar-refractivity contribution in [3.8, 4) is 0 Å². The second-order valence-corrected chi connectivity index (χ2v) is 3.50. The van der Waals surface area contributed by atoms with Gasteiger partial charge in [0.2, 0.25) is 0 Å². The minimum absolute atomic E-state index is 0. The molecule has 0 radical (unpaired) electrons. The summed E-state index contributed by atoms with van der Waals surface area (Å²) in [6.07, 6.45) is 0. The lowest BCUT2D eigenvalue weighted by Crippen LogP contribution is -2.11. The molecule has 2 N–H and O–H groups in total. The number of carboxylic acids is 2. The summed E-state index contributed by atoms with van der Waals surface area (Å²) < 4.78 is 0.